The Bertz CT molecular complexity index is 527. The van der Waals surface area contributed by atoms with Crippen molar-refractivity contribution in [3.05, 3.63) is 0 Å². The van der Waals surface area contributed by atoms with Crippen LogP contribution in [0.4, 0.5) is 5.95 Å². The molecule has 2 aliphatic rings. The van der Waals surface area contributed by atoms with Crippen molar-refractivity contribution in [3.8, 4) is 12.0 Å². The Morgan fingerprint density at radius 2 is 1.82 bits per heavy atom. The Morgan fingerprint density at radius 1 is 1.14 bits per heavy atom. The normalized spacial score (nSPS) is 21.4. The Labute approximate surface area is 129 Å². The molecule has 8 nitrogen and oxygen atoms in total. The highest BCUT2D eigenvalue weighted by Crippen LogP contribution is 2.25. The number of ether oxygens (including phenoxy) is 2. The van der Waals surface area contributed by atoms with E-state index >= 15 is 0 Å². The van der Waals surface area contributed by atoms with Gasteiger partial charge in [-0.1, -0.05) is 0 Å². The second-order valence-corrected chi connectivity index (χ2v) is 5.68. The van der Waals surface area contributed by atoms with Crippen molar-refractivity contribution < 1.29 is 14.3 Å². The molecule has 0 radical (unpaired) electrons. The molecule has 1 saturated carbocycles. The molecule has 0 bridgehead atoms. The zero-order valence-electron chi connectivity index (χ0n) is 12.9. The molecule has 22 heavy (non-hydrogen) atoms. The van der Waals surface area contributed by atoms with Crippen LogP contribution in [0.1, 0.15) is 25.7 Å². The molecule has 1 aromatic heterocycles. The van der Waals surface area contributed by atoms with Crippen molar-refractivity contribution >= 4 is 11.9 Å². The molecular weight excluding hydrogens is 286 g/mol. The molecule has 1 N–H and O–H groups in total. The van der Waals surface area contributed by atoms with E-state index in [0.29, 0.717) is 18.5 Å². The lowest BCUT2D eigenvalue weighted by Gasteiger charge is -2.32. The van der Waals surface area contributed by atoms with Crippen LogP contribution in [-0.4, -0.2) is 54.2 Å². The van der Waals surface area contributed by atoms with Crippen molar-refractivity contribution in [1.82, 2.24) is 20.3 Å². The lowest BCUT2D eigenvalue weighted by atomic mass is 9.97. The number of anilines is 1. The second kappa shape index (κ2) is 6.33. The molecule has 8 heteroatoms. The van der Waals surface area contributed by atoms with E-state index in [1.807, 2.05) is 4.90 Å². The highest BCUT2D eigenvalue weighted by molar-refractivity contribution is 5.80. The Hall–Kier alpha value is -2.12. The van der Waals surface area contributed by atoms with Crippen molar-refractivity contribution in [3.63, 3.8) is 0 Å². The van der Waals surface area contributed by atoms with Gasteiger partial charge in [-0.3, -0.25) is 4.79 Å². The van der Waals surface area contributed by atoms with Gasteiger partial charge in [0.05, 0.1) is 20.1 Å². The molecule has 1 unspecified atom stereocenters. The molecule has 1 aliphatic heterocycles. The molecule has 0 aromatic carbocycles. The van der Waals surface area contributed by atoms with E-state index in [1.165, 1.54) is 14.2 Å². The predicted molar refractivity (Wildman–Crippen MR) is 79.0 cm³/mol. The molecular formula is C14H21N5O3. The standard InChI is InChI=1S/C14H21N5O3/c1-21-13-16-12(17-14(18-13)22-2)19-7-3-4-9(8-19)11(20)15-10-5-6-10/h9-10H,3-8H2,1-2H3,(H,15,20). The van der Waals surface area contributed by atoms with Crippen LogP contribution in [0.25, 0.3) is 0 Å². The van der Waals surface area contributed by atoms with Crippen molar-refractivity contribution in [2.24, 2.45) is 5.92 Å². The molecule has 120 valence electrons. The van der Waals surface area contributed by atoms with Gasteiger partial charge < -0.3 is 19.7 Å². The smallest absolute Gasteiger partial charge is 0.324 e. The number of carbonyl (C=O) groups is 1. The Morgan fingerprint density at radius 3 is 2.41 bits per heavy atom. The van der Waals surface area contributed by atoms with Crippen LogP contribution in [0.2, 0.25) is 0 Å². The zero-order chi connectivity index (χ0) is 15.5. The fraction of sp³-hybridized carbons (Fsp3) is 0.714. The summed E-state index contributed by atoms with van der Waals surface area (Å²) in [6.07, 6.45) is 4.03. The van der Waals surface area contributed by atoms with E-state index in [-0.39, 0.29) is 23.8 Å². The van der Waals surface area contributed by atoms with Gasteiger partial charge in [-0.15, -0.1) is 4.98 Å². The summed E-state index contributed by atoms with van der Waals surface area (Å²) in [6, 6.07) is 0.818. The summed E-state index contributed by atoms with van der Waals surface area (Å²) in [6.45, 7) is 1.42. The summed E-state index contributed by atoms with van der Waals surface area (Å²) in [7, 11) is 3.00. The van der Waals surface area contributed by atoms with Crippen LogP contribution >= 0.6 is 0 Å². The molecule has 2 fully saturated rings. The van der Waals surface area contributed by atoms with E-state index < -0.39 is 0 Å². The van der Waals surface area contributed by atoms with E-state index in [1.54, 1.807) is 0 Å². The molecule has 2 heterocycles. The maximum atomic E-state index is 12.2. The lowest BCUT2D eigenvalue weighted by Crippen LogP contribution is -2.44. The van der Waals surface area contributed by atoms with Crippen LogP contribution < -0.4 is 19.7 Å². The fourth-order valence-corrected chi connectivity index (χ4v) is 2.57. The van der Waals surface area contributed by atoms with Gasteiger partial charge >= 0.3 is 12.0 Å². The Kier molecular flexibility index (Phi) is 4.26. The second-order valence-electron chi connectivity index (χ2n) is 5.68. The van der Waals surface area contributed by atoms with E-state index in [4.69, 9.17) is 9.47 Å². The number of rotatable bonds is 5. The lowest BCUT2D eigenvalue weighted by molar-refractivity contribution is -0.125. The quantitative estimate of drug-likeness (QED) is 0.841. The average Bonchev–Trinajstić information content (AvgIpc) is 3.38. The molecule has 1 saturated heterocycles. The number of piperidine rings is 1. The SMILES string of the molecule is COc1nc(OC)nc(N2CCCC(C(=O)NC3CC3)C2)n1. The first-order valence-corrected chi connectivity index (χ1v) is 7.59. The molecule has 3 rings (SSSR count). The van der Waals surface area contributed by atoms with Gasteiger partial charge in [0.1, 0.15) is 0 Å². The first kappa shape index (κ1) is 14.8. The number of hydrogen-bond donors (Lipinski definition) is 1. The number of hydrogen-bond acceptors (Lipinski definition) is 7. The minimum atomic E-state index is -0.0249. The third kappa shape index (κ3) is 3.37. The third-order valence-electron chi connectivity index (χ3n) is 3.95. The summed E-state index contributed by atoms with van der Waals surface area (Å²) in [4.78, 5) is 26.7. The summed E-state index contributed by atoms with van der Waals surface area (Å²) >= 11 is 0. The fourth-order valence-electron chi connectivity index (χ4n) is 2.57. The van der Waals surface area contributed by atoms with Crippen molar-refractivity contribution in [1.29, 1.82) is 0 Å². The van der Waals surface area contributed by atoms with Crippen LogP contribution in [0.5, 0.6) is 12.0 Å². The summed E-state index contributed by atoms with van der Waals surface area (Å²) in [5.74, 6) is 0.607. The van der Waals surface area contributed by atoms with E-state index in [0.717, 1.165) is 32.2 Å². The van der Waals surface area contributed by atoms with Gasteiger partial charge in [0.25, 0.3) is 0 Å². The minimum Gasteiger partial charge on any atom is -0.467 e. The summed E-state index contributed by atoms with van der Waals surface area (Å²) in [5, 5.41) is 3.07. The maximum Gasteiger partial charge on any atom is 0.324 e. The molecule has 1 aromatic rings. The highest BCUT2D eigenvalue weighted by atomic mass is 16.5. The van der Waals surface area contributed by atoms with Crippen molar-refractivity contribution in [2.75, 3.05) is 32.2 Å². The van der Waals surface area contributed by atoms with Crippen LogP contribution in [-0.2, 0) is 4.79 Å². The van der Waals surface area contributed by atoms with Gasteiger partial charge in [0.15, 0.2) is 0 Å². The number of carbonyl (C=O) groups excluding carboxylic acids is 1. The molecule has 1 amide bonds. The first-order valence-electron chi connectivity index (χ1n) is 7.59. The van der Waals surface area contributed by atoms with Gasteiger partial charge in [-0.25, -0.2) is 0 Å². The van der Waals surface area contributed by atoms with Crippen LogP contribution in [0.15, 0.2) is 0 Å². The number of nitrogens with one attached hydrogen (secondary N) is 1. The number of amides is 1. The van der Waals surface area contributed by atoms with Gasteiger partial charge in [0, 0.05) is 19.1 Å². The van der Waals surface area contributed by atoms with Gasteiger partial charge in [0.2, 0.25) is 11.9 Å². The largest absolute Gasteiger partial charge is 0.467 e. The van der Waals surface area contributed by atoms with Gasteiger partial charge in [-0.05, 0) is 25.7 Å². The zero-order valence-corrected chi connectivity index (χ0v) is 12.9. The monoisotopic (exact) mass is 307 g/mol. The first-order chi connectivity index (χ1) is 10.7. The molecule has 0 spiro atoms. The molecule has 1 aliphatic carbocycles. The third-order valence-corrected chi connectivity index (χ3v) is 3.95. The van der Waals surface area contributed by atoms with Crippen LogP contribution in [0.3, 0.4) is 0 Å². The Balaban J connectivity index is 1.71. The average molecular weight is 307 g/mol. The maximum absolute atomic E-state index is 12.2. The minimum absolute atomic E-state index is 0.0249. The summed E-state index contributed by atoms with van der Waals surface area (Å²) < 4.78 is 10.2. The number of methoxy groups -OCH3 is 2. The predicted octanol–water partition coefficient (Wildman–Crippen LogP) is 0.384. The van der Waals surface area contributed by atoms with Gasteiger partial charge in [-0.2, -0.15) is 9.97 Å². The highest BCUT2D eigenvalue weighted by Gasteiger charge is 2.31. The van der Waals surface area contributed by atoms with Crippen molar-refractivity contribution in [2.45, 2.75) is 31.7 Å². The van der Waals surface area contributed by atoms with E-state index in [9.17, 15) is 4.79 Å². The van der Waals surface area contributed by atoms with E-state index in [2.05, 4.69) is 20.3 Å². The van der Waals surface area contributed by atoms with Crippen LogP contribution in [0, 0.1) is 5.92 Å². The topological polar surface area (TPSA) is 89.5 Å². The number of nitrogens with zero attached hydrogens (tertiary/aromatic N) is 4. The summed E-state index contributed by atoms with van der Waals surface area (Å²) in [5.41, 5.74) is 0. The number of aromatic nitrogens is 3. The molecule has 1 atom stereocenters.